The molecule has 3 N–H and O–H groups in total. The zero-order chi connectivity index (χ0) is 14.5. The Morgan fingerprint density at radius 2 is 1.76 bits per heavy atom. The first-order chi connectivity index (χ1) is 10.3. The number of carbonyl (C=O) groups excluding carboxylic acids is 1. The summed E-state index contributed by atoms with van der Waals surface area (Å²) in [6, 6.07) is 16.9. The predicted octanol–water partition coefficient (Wildman–Crippen LogP) is 2.80. The highest BCUT2D eigenvalue weighted by atomic mass is 16.1. The van der Waals surface area contributed by atoms with Crippen LogP contribution in [0.5, 0.6) is 0 Å². The molecule has 1 amide bonds. The lowest BCUT2D eigenvalue weighted by atomic mass is 10.1. The molecule has 6 heteroatoms. The zero-order valence-electron chi connectivity index (χ0n) is 11.1. The molecule has 0 atom stereocenters. The Labute approximate surface area is 121 Å². The molecule has 0 aliphatic heterocycles. The Bertz CT molecular complexity index is 725. The molecule has 3 rings (SSSR count). The zero-order valence-corrected chi connectivity index (χ0v) is 11.1. The summed E-state index contributed by atoms with van der Waals surface area (Å²) in [7, 11) is 0. The van der Waals surface area contributed by atoms with Gasteiger partial charge in [-0.25, -0.2) is 5.10 Å². The van der Waals surface area contributed by atoms with Gasteiger partial charge in [-0.3, -0.25) is 10.1 Å². The van der Waals surface area contributed by atoms with Gasteiger partial charge in [0.15, 0.2) is 0 Å². The number of aromatic nitrogens is 3. The van der Waals surface area contributed by atoms with Crippen LogP contribution in [-0.4, -0.2) is 21.1 Å². The van der Waals surface area contributed by atoms with Gasteiger partial charge in [-0.1, -0.05) is 30.3 Å². The minimum absolute atomic E-state index is 0.259. The van der Waals surface area contributed by atoms with Crippen LogP contribution < -0.4 is 10.6 Å². The van der Waals surface area contributed by atoms with Crippen molar-refractivity contribution >= 4 is 23.2 Å². The molecule has 0 aliphatic rings. The van der Waals surface area contributed by atoms with E-state index in [9.17, 15) is 4.79 Å². The molecule has 0 bridgehead atoms. The number of rotatable bonds is 4. The number of nitrogens with one attached hydrogen (secondary N) is 3. The number of H-pyrrole nitrogens is 1. The smallest absolute Gasteiger partial charge is 0.260 e. The average Bonchev–Trinajstić information content (AvgIpc) is 3.02. The van der Waals surface area contributed by atoms with E-state index < -0.39 is 0 Å². The van der Waals surface area contributed by atoms with E-state index in [4.69, 9.17) is 0 Å². The Morgan fingerprint density at radius 1 is 1.00 bits per heavy atom. The van der Waals surface area contributed by atoms with Crippen LogP contribution in [0.15, 0.2) is 60.9 Å². The van der Waals surface area contributed by atoms with Gasteiger partial charge in [0.05, 0.1) is 11.3 Å². The highest BCUT2D eigenvalue weighted by Crippen LogP contribution is 2.21. The highest BCUT2D eigenvalue weighted by molar-refractivity contribution is 6.07. The average molecular weight is 279 g/mol. The van der Waals surface area contributed by atoms with Gasteiger partial charge in [-0.05, 0) is 24.3 Å². The van der Waals surface area contributed by atoms with Crippen molar-refractivity contribution in [2.75, 3.05) is 10.6 Å². The Morgan fingerprint density at radius 3 is 2.52 bits per heavy atom. The summed E-state index contributed by atoms with van der Waals surface area (Å²) in [6.45, 7) is 0. The molecule has 3 aromatic rings. The van der Waals surface area contributed by atoms with E-state index in [2.05, 4.69) is 25.8 Å². The molecule has 0 fully saturated rings. The first kappa shape index (κ1) is 12.9. The van der Waals surface area contributed by atoms with E-state index in [1.54, 1.807) is 6.07 Å². The molecule has 0 radical (unpaired) electrons. The lowest BCUT2D eigenvalue weighted by molar-refractivity contribution is 0.102. The third-order valence-electron chi connectivity index (χ3n) is 2.87. The van der Waals surface area contributed by atoms with E-state index in [1.807, 2.05) is 48.5 Å². The van der Waals surface area contributed by atoms with Crippen molar-refractivity contribution in [1.29, 1.82) is 0 Å². The molecule has 1 heterocycles. The van der Waals surface area contributed by atoms with Crippen molar-refractivity contribution in [2.24, 2.45) is 0 Å². The van der Waals surface area contributed by atoms with E-state index in [1.165, 1.54) is 6.33 Å². The van der Waals surface area contributed by atoms with Crippen molar-refractivity contribution in [3.8, 4) is 0 Å². The molecule has 0 aliphatic carbocycles. The first-order valence-electron chi connectivity index (χ1n) is 6.41. The Kier molecular flexibility index (Phi) is 3.60. The molecular weight excluding hydrogens is 266 g/mol. The van der Waals surface area contributed by atoms with Crippen molar-refractivity contribution < 1.29 is 4.79 Å². The van der Waals surface area contributed by atoms with Crippen LogP contribution >= 0.6 is 0 Å². The number of hydrogen-bond acceptors (Lipinski definition) is 4. The van der Waals surface area contributed by atoms with E-state index in [0.717, 1.165) is 11.4 Å². The number of aromatic amines is 1. The molecule has 1 aromatic heterocycles. The Balaban J connectivity index is 1.84. The number of para-hydroxylation sites is 2. The molecular formula is C15H13N5O. The van der Waals surface area contributed by atoms with Crippen LogP contribution in [0, 0.1) is 0 Å². The van der Waals surface area contributed by atoms with E-state index in [0.29, 0.717) is 11.5 Å². The second-order valence-corrected chi connectivity index (χ2v) is 4.32. The fourth-order valence-corrected chi connectivity index (χ4v) is 1.91. The van der Waals surface area contributed by atoms with Gasteiger partial charge in [-0.2, -0.15) is 10.1 Å². The lowest BCUT2D eigenvalue weighted by Gasteiger charge is -2.11. The van der Waals surface area contributed by atoms with Crippen LogP contribution in [0.25, 0.3) is 0 Å². The molecule has 0 saturated heterocycles. The van der Waals surface area contributed by atoms with Crippen molar-refractivity contribution in [3.05, 3.63) is 66.5 Å². The number of hydrogen-bond donors (Lipinski definition) is 3. The summed E-state index contributed by atoms with van der Waals surface area (Å²) < 4.78 is 0. The van der Waals surface area contributed by atoms with E-state index in [-0.39, 0.29) is 5.91 Å². The monoisotopic (exact) mass is 279 g/mol. The third-order valence-corrected chi connectivity index (χ3v) is 2.87. The first-order valence-corrected chi connectivity index (χ1v) is 6.41. The van der Waals surface area contributed by atoms with Gasteiger partial charge < -0.3 is 5.32 Å². The van der Waals surface area contributed by atoms with Gasteiger partial charge in [0.2, 0.25) is 5.95 Å². The number of anilines is 3. The minimum atomic E-state index is -0.259. The number of benzene rings is 2. The van der Waals surface area contributed by atoms with Gasteiger partial charge in [-0.15, -0.1) is 0 Å². The summed E-state index contributed by atoms with van der Waals surface area (Å²) >= 11 is 0. The summed E-state index contributed by atoms with van der Waals surface area (Å²) in [6.07, 6.45) is 1.34. The van der Waals surface area contributed by atoms with E-state index >= 15 is 0 Å². The molecule has 0 unspecified atom stereocenters. The van der Waals surface area contributed by atoms with Crippen LogP contribution in [0.2, 0.25) is 0 Å². The van der Waals surface area contributed by atoms with Crippen molar-refractivity contribution in [1.82, 2.24) is 15.2 Å². The second kappa shape index (κ2) is 5.87. The predicted molar refractivity (Wildman–Crippen MR) is 80.5 cm³/mol. The van der Waals surface area contributed by atoms with Crippen LogP contribution in [0.3, 0.4) is 0 Å². The van der Waals surface area contributed by atoms with Crippen molar-refractivity contribution in [3.63, 3.8) is 0 Å². The number of nitrogens with zero attached hydrogens (tertiary/aromatic N) is 2. The molecule has 104 valence electrons. The largest absolute Gasteiger partial charge is 0.355 e. The summed E-state index contributed by atoms with van der Waals surface area (Å²) in [4.78, 5) is 16.2. The summed E-state index contributed by atoms with van der Waals surface area (Å²) in [5, 5.41) is 12.2. The fourth-order valence-electron chi connectivity index (χ4n) is 1.91. The quantitative estimate of drug-likeness (QED) is 0.685. The summed E-state index contributed by atoms with van der Waals surface area (Å²) in [5.41, 5.74) is 2.16. The lowest BCUT2D eigenvalue weighted by Crippen LogP contribution is -2.14. The molecule has 21 heavy (non-hydrogen) atoms. The maximum atomic E-state index is 12.3. The SMILES string of the molecule is O=C(Nc1ncn[nH]1)c1ccccc1Nc1ccccc1. The second-order valence-electron chi connectivity index (χ2n) is 4.32. The minimum Gasteiger partial charge on any atom is -0.355 e. The third kappa shape index (κ3) is 3.06. The molecule has 2 aromatic carbocycles. The van der Waals surface area contributed by atoms with Gasteiger partial charge in [0.1, 0.15) is 6.33 Å². The Hall–Kier alpha value is -3.15. The number of amides is 1. The standard InChI is InChI=1S/C15H13N5O/c21-14(19-15-16-10-17-20-15)12-8-4-5-9-13(12)18-11-6-2-1-3-7-11/h1-10,18H,(H2,16,17,19,20,21). The maximum absolute atomic E-state index is 12.3. The van der Waals surface area contributed by atoms with Gasteiger partial charge in [0.25, 0.3) is 5.91 Å². The van der Waals surface area contributed by atoms with Crippen LogP contribution in [0.4, 0.5) is 17.3 Å². The van der Waals surface area contributed by atoms with Gasteiger partial charge >= 0.3 is 0 Å². The molecule has 0 spiro atoms. The highest BCUT2D eigenvalue weighted by Gasteiger charge is 2.12. The topological polar surface area (TPSA) is 82.7 Å². The molecule has 0 saturated carbocycles. The van der Waals surface area contributed by atoms with Gasteiger partial charge in [0, 0.05) is 5.69 Å². The van der Waals surface area contributed by atoms with Crippen LogP contribution in [0.1, 0.15) is 10.4 Å². The number of carbonyl (C=O) groups is 1. The van der Waals surface area contributed by atoms with Crippen molar-refractivity contribution in [2.45, 2.75) is 0 Å². The fraction of sp³-hybridized carbons (Fsp3) is 0. The van der Waals surface area contributed by atoms with Crippen LogP contribution in [-0.2, 0) is 0 Å². The molecule has 6 nitrogen and oxygen atoms in total. The summed E-state index contributed by atoms with van der Waals surface area (Å²) in [5.74, 6) is 0.0558. The maximum Gasteiger partial charge on any atom is 0.260 e. The normalized spacial score (nSPS) is 10.1.